The molecule has 1 aromatic heterocycles. The average molecular weight is 191 g/mol. The van der Waals surface area contributed by atoms with E-state index in [4.69, 9.17) is 0 Å². The summed E-state index contributed by atoms with van der Waals surface area (Å²) in [6.07, 6.45) is 7.86. The molecule has 0 aliphatic heterocycles. The molecule has 2 rings (SSSR count). The van der Waals surface area contributed by atoms with E-state index in [2.05, 4.69) is 35.5 Å². The molecular formula is C11H13NS. The molecule has 1 aliphatic carbocycles. The second-order valence-corrected chi connectivity index (χ2v) is 4.55. The fourth-order valence-corrected chi connectivity index (χ4v) is 2.04. The lowest BCUT2D eigenvalue weighted by atomic mass is 9.97. The summed E-state index contributed by atoms with van der Waals surface area (Å²) in [5.74, 6) is 0.684. The fourth-order valence-electron chi connectivity index (χ4n) is 1.41. The number of hydrogen-bond donors (Lipinski definition) is 0. The predicted octanol–water partition coefficient (Wildman–Crippen LogP) is 3.43. The average Bonchev–Trinajstić information content (AvgIpc) is 2.53. The Labute approximate surface area is 82.8 Å². The molecule has 0 N–H and O–H groups in total. The zero-order valence-corrected chi connectivity index (χ0v) is 8.77. The number of nitrogens with zero attached hydrogens (tertiary/aromatic N) is 1. The number of aromatic nitrogens is 1. The van der Waals surface area contributed by atoms with Gasteiger partial charge in [-0.25, -0.2) is 4.98 Å². The first-order valence-corrected chi connectivity index (χ1v) is 5.44. The van der Waals surface area contributed by atoms with Gasteiger partial charge in [-0.15, -0.1) is 11.3 Å². The normalized spacial score (nSPS) is 21.7. The van der Waals surface area contributed by atoms with Crippen LogP contribution in [0.25, 0.3) is 5.57 Å². The molecule has 0 saturated carbocycles. The minimum Gasteiger partial charge on any atom is -0.242 e. The van der Waals surface area contributed by atoms with Gasteiger partial charge in [-0.05, 0) is 24.8 Å². The predicted molar refractivity (Wildman–Crippen MR) is 57.7 cm³/mol. The Morgan fingerprint density at radius 3 is 2.92 bits per heavy atom. The van der Waals surface area contributed by atoms with Crippen LogP contribution in [-0.4, -0.2) is 4.98 Å². The molecule has 0 fully saturated rings. The van der Waals surface area contributed by atoms with Crippen molar-refractivity contribution in [3.05, 3.63) is 34.3 Å². The maximum Gasteiger partial charge on any atom is 0.0901 e. The lowest BCUT2D eigenvalue weighted by molar-refractivity contribution is 0.739. The summed E-state index contributed by atoms with van der Waals surface area (Å²) in [5, 5.41) is 3.27. The van der Waals surface area contributed by atoms with Crippen molar-refractivity contribution in [1.82, 2.24) is 4.98 Å². The van der Waals surface area contributed by atoms with Crippen molar-refractivity contribution in [3.8, 4) is 0 Å². The number of rotatable bonds is 1. The molecule has 0 bridgehead atoms. The van der Waals surface area contributed by atoms with E-state index in [1.165, 1.54) is 5.57 Å². The van der Waals surface area contributed by atoms with Gasteiger partial charge in [0.1, 0.15) is 0 Å². The molecule has 68 valence electrons. The molecule has 0 saturated heterocycles. The van der Waals surface area contributed by atoms with Crippen molar-refractivity contribution in [2.24, 2.45) is 5.92 Å². The third-order valence-corrected chi connectivity index (χ3v) is 3.00. The summed E-state index contributed by atoms with van der Waals surface area (Å²) in [7, 11) is 0. The number of thiazole rings is 1. The molecule has 2 heteroatoms. The highest BCUT2D eigenvalue weighted by molar-refractivity contribution is 7.09. The molecule has 0 amide bonds. The summed E-state index contributed by atoms with van der Waals surface area (Å²) in [6.45, 7) is 4.28. The second kappa shape index (κ2) is 3.46. The third kappa shape index (κ3) is 1.89. The van der Waals surface area contributed by atoms with Crippen molar-refractivity contribution in [2.45, 2.75) is 20.3 Å². The molecule has 1 atom stereocenters. The van der Waals surface area contributed by atoms with E-state index >= 15 is 0 Å². The number of aryl methyl sites for hydroxylation is 1. The number of hydrogen-bond acceptors (Lipinski definition) is 2. The molecule has 1 heterocycles. The van der Waals surface area contributed by atoms with Gasteiger partial charge in [0, 0.05) is 5.38 Å². The van der Waals surface area contributed by atoms with Gasteiger partial charge < -0.3 is 0 Å². The van der Waals surface area contributed by atoms with Crippen LogP contribution < -0.4 is 0 Å². The quantitative estimate of drug-likeness (QED) is 0.662. The van der Waals surface area contributed by atoms with Crippen molar-refractivity contribution in [3.63, 3.8) is 0 Å². The molecule has 0 aromatic carbocycles. The Kier molecular flexibility index (Phi) is 2.32. The Balaban J connectivity index is 2.24. The van der Waals surface area contributed by atoms with Crippen molar-refractivity contribution in [2.75, 3.05) is 0 Å². The van der Waals surface area contributed by atoms with Gasteiger partial charge >= 0.3 is 0 Å². The Morgan fingerprint density at radius 2 is 2.38 bits per heavy atom. The topological polar surface area (TPSA) is 12.9 Å². The smallest absolute Gasteiger partial charge is 0.0901 e. The van der Waals surface area contributed by atoms with E-state index in [0.29, 0.717) is 5.92 Å². The molecule has 13 heavy (non-hydrogen) atoms. The molecule has 1 nitrogen and oxygen atoms in total. The van der Waals surface area contributed by atoms with Gasteiger partial charge in [0.05, 0.1) is 10.7 Å². The highest BCUT2D eigenvalue weighted by atomic mass is 32.1. The van der Waals surface area contributed by atoms with Crippen LogP contribution in [0.5, 0.6) is 0 Å². The van der Waals surface area contributed by atoms with E-state index in [-0.39, 0.29) is 0 Å². The summed E-state index contributed by atoms with van der Waals surface area (Å²) in [4.78, 5) is 4.46. The fraction of sp³-hybridized carbons (Fsp3) is 0.364. The highest BCUT2D eigenvalue weighted by Gasteiger charge is 2.07. The van der Waals surface area contributed by atoms with Crippen LogP contribution in [0.15, 0.2) is 23.6 Å². The highest BCUT2D eigenvalue weighted by Crippen LogP contribution is 2.24. The zero-order chi connectivity index (χ0) is 9.26. The third-order valence-electron chi connectivity index (χ3n) is 2.23. The molecule has 0 radical (unpaired) electrons. The van der Waals surface area contributed by atoms with Crippen LogP contribution in [0, 0.1) is 12.8 Å². The van der Waals surface area contributed by atoms with Gasteiger partial charge in [-0.3, -0.25) is 0 Å². The summed E-state index contributed by atoms with van der Waals surface area (Å²) in [6, 6.07) is 0. The van der Waals surface area contributed by atoms with Gasteiger partial charge in [0.15, 0.2) is 0 Å². The van der Waals surface area contributed by atoms with Gasteiger partial charge in [0.2, 0.25) is 0 Å². The molecule has 1 aliphatic rings. The van der Waals surface area contributed by atoms with Crippen molar-refractivity contribution < 1.29 is 0 Å². The van der Waals surface area contributed by atoms with Crippen LogP contribution in [0.1, 0.15) is 24.0 Å². The monoisotopic (exact) mass is 191 g/mol. The molecular weight excluding hydrogens is 178 g/mol. The van der Waals surface area contributed by atoms with E-state index in [9.17, 15) is 0 Å². The largest absolute Gasteiger partial charge is 0.242 e. The van der Waals surface area contributed by atoms with Gasteiger partial charge in [-0.2, -0.15) is 0 Å². The standard InChI is InChI=1S/C11H13NS/c1-8-3-5-10(6-4-8)11-7-13-9(2)12-11/h3,5-8H,4H2,1-2H3. The minimum absolute atomic E-state index is 0.684. The summed E-state index contributed by atoms with van der Waals surface area (Å²) >= 11 is 1.71. The van der Waals surface area contributed by atoms with Crippen molar-refractivity contribution >= 4 is 16.9 Å². The Morgan fingerprint density at radius 1 is 1.54 bits per heavy atom. The van der Waals surface area contributed by atoms with Crippen molar-refractivity contribution in [1.29, 1.82) is 0 Å². The lowest BCUT2D eigenvalue weighted by Gasteiger charge is -2.09. The van der Waals surface area contributed by atoms with Gasteiger partial charge in [-0.1, -0.05) is 25.2 Å². The van der Waals surface area contributed by atoms with Crippen LogP contribution in [0.3, 0.4) is 0 Å². The first-order chi connectivity index (χ1) is 6.25. The maximum absolute atomic E-state index is 4.46. The summed E-state index contributed by atoms with van der Waals surface area (Å²) < 4.78 is 0. The lowest BCUT2D eigenvalue weighted by Crippen LogP contribution is -1.94. The van der Waals surface area contributed by atoms with E-state index in [1.807, 2.05) is 6.92 Å². The van der Waals surface area contributed by atoms with Gasteiger partial charge in [0.25, 0.3) is 0 Å². The first-order valence-electron chi connectivity index (χ1n) is 4.56. The molecule has 1 unspecified atom stereocenters. The number of allylic oxidation sites excluding steroid dienone is 4. The SMILES string of the molecule is Cc1nc(C2=CCC(C)C=C2)cs1. The molecule has 1 aromatic rings. The van der Waals surface area contributed by atoms with Crippen LogP contribution in [0.4, 0.5) is 0 Å². The van der Waals surface area contributed by atoms with E-state index in [1.54, 1.807) is 11.3 Å². The van der Waals surface area contributed by atoms with E-state index in [0.717, 1.165) is 17.1 Å². The Hall–Kier alpha value is -0.890. The summed E-state index contributed by atoms with van der Waals surface area (Å²) in [5.41, 5.74) is 2.41. The second-order valence-electron chi connectivity index (χ2n) is 3.48. The van der Waals surface area contributed by atoms with Crippen LogP contribution in [-0.2, 0) is 0 Å². The maximum atomic E-state index is 4.46. The van der Waals surface area contributed by atoms with E-state index < -0.39 is 0 Å². The van der Waals surface area contributed by atoms with Crippen LogP contribution >= 0.6 is 11.3 Å². The minimum atomic E-state index is 0.684. The van der Waals surface area contributed by atoms with Crippen LogP contribution in [0.2, 0.25) is 0 Å². The first kappa shape index (κ1) is 8.70. The zero-order valence-electron chi connectivity index (χ0n) is 7.95. The Bertz CT molecular complexity index is 360. The molecule has 0 spiro atoms.